The average Bonchev–Trinajstić information content (AvgIpc) is 3.48. The number of carbonyl (C=O) groups excluding carboxylic acids is 3. The highest BCUT2D eigenvalue weighted by Crippen LogP contribution is 2.23. The molecule has 11 heteroatoms. The van der Waals surface area contributed by atoms with Gasteiger partial charge in [0.05, 0.1) is 12.1 Å². The summed E-state index contributed by atoms with van der Waals surface area (Å²) in [6.45, 7) is 5.12. The van der Waals surface area contributed by atoms with Crippen LogP contribution in [0.15, 0.2) is 30.5 Å². The first-order valence-electron chi connectivity index (χ1n) is 12.1. The standard InChI is InChI=1S/C25H35N5O6/c1-13(2)20(26)22(32)29-21(14(3)31)23(33)28-18(24(34)30-10-6-9-19(30)25(35)36)11-15-12-27-17-8-5-4-7-16(15)17/h4-5,7-8,12-14,18-21,27,31H,6,9-11,26H2,1-3H3,(H,28,33)(H,29,32)(H,35,36). The number of H-pyrrole nitrogens is 1. The number of nitrogens with zero attached hydrogens (tertiary/aromatic N) is 1. The number of carboxylic acids is 1. The maximum atomic E-state index is 13.5. The third-order valence-electron chi connectivity index (χ3n) is 6.62. The van der Waals surface area contributed by atoms with Crippen LogP contribution in [0.25, 0.3) is 10.9 Å². The quantitative estimate of drug-likeness (QED) is 0.268. The molecule has 5 atom stereocenters. The van der Waals surface area contributed by atoms with E-state index in [1.165, 1.54) is 11.8 Å². The molecular weight excluding hydrogens is 466 g/mol. The molecule has 5 unspecified atom stereocenters. The van der Waals surface area contributed by atoms with E-state index in [1.54, 1.807) is 20.0 Å². The minimum atomic E-state index is -1.35. The van der Waals surface area contributed by atoms with Crippen molar-refractivity contribution in [3.05, 3.63) is 36.0 Å². The normalized spacial score (nSPS) is 19.1. The number of nitrogens with one attached hydrogen (secondary N) is 3. The van der Waals surface area contributed by atoms with Crippen LogP contribution in [0.1, 0.15) is 39.2 Å². The molecule has 11 nitrogen and oxygen atoms in total. The molecule has 36 heavy (non-hydrogen) atoms. The predicted molar refractivity (Wildman–Crippen MR) is 133 cm³/mol. The van der Waals surface area contributed by atoms with Crippen LogP contribution in [0, 0.1) is 5.92 Å². The van der Waals surface area contributed by atoms with Gasteiger partial charge in [-0.05, 0) is 37.3 Å². The fourth-order valence-corrected chi connectivity index (χ4v) is 4.43. The number of likely N-dealkylation sites (tertiary alicyclic amines) is 1. The van der Waals surface area contributed by atoms with Crippen LogP contribution < -0.4 is 16.4 Å². The third-order valence-corrected chi connectivity index (χ3v) is 6.62. The molecule has 1 aromatic heterocycles. The van der Waals surface area contributed by atoms with Crippen molar-refractivity contribution in [2.24, 2.45) is 11.7 Å². The number of hydrogen-bond donors (Lipinski definition) is 6. The number of aliphatic hydroxyl groups is 1. The van der Waals surface area contributed by atoms with Gasteiger partial charge in [-0.25, -0.2) is 4.79 Å². The Kier molecular flexibility index (Phi) is 8.70. The molecular formula is C25H35N5O6. The lowest BCUT2D eigenvalue weighted by molar-refractivity contribution is -0.149. The summed E-state index contributed by atoms with van der Waals surface area (Å²) in [5, 5.41) is 25.8. The van der Waals surface area contributed by atoms with E-state index < -0.39 is 54.0 Å². The van der Waals surface area contributed by atoms with Gasteiger partial charge in [0.1, 0.15) is 18.1 Å². The molecule has 1 aliphatic heterocycles. The Morgan fingerprint density at radius 3 is 2.47 bits per heavy atom. The lowest BCUT2D eigenvalue weighted by Crippen LogP contribution is -2.60. The molecule has 196 valence electrons. The number of amides is 3. The molecule has 0 aliphatic carbocycles. The smallest absolute Gasteiger partial charge is 0.326 e. The van der Waals surface area contributed by atoms with E-state index in [4.69, 9.17) is 5.73 Å². The maximum Gasteiger partial charge on any atom is 0.326 e. The number of carboxylic acid groups (broad SMARTS) is 1. The van der Waals surface area contributed by atoms with Crippen molar-refractivity contribution in [1.82, 2.24) is 20.5 Å². The van der Waals surface area contributed by atoms with E-state index in [-0.39, 0.29) is 18.9 Å². The largest absolute Gasteiger partial charge is 0.480 e. The highest BCUT2D eigenvalue weighted by molar-refractivity contribution is 5.95. The van der Waals surface area contributed by atoms with Crippen molar-refractivity contribution in [3.8, 4) is 0 Å². The molecule has 3 rings (SSSR count). The number of aromatic nitrogens is 1. The maximum absolute atomic E-state index is 13.5. The number of fused-ring (bicyclic) bond motifs is 1. The van der Waals surface area contributed by atoms with E-state index in [9.17, 15) is 29.4 Å². The number of para-hydroxylation sites is 1. The van der Waals surface area contributed by atoms with Crippen LogP contribution in [-0.4, -0.2) is 80.6 Å². The molecule has 0 bridgehead atoms. The van der Waals surface area contributed by atoms with Crippen LogP contribution in [0.2, 0.25) is 0 Å². The lowest BCUT2D eigenvalue weighted by Gasteiger charge is -2.29. The summed E-state index contributed by atoms with van der Waals surface area (Å²) in [7, 11) is 0. The second kappa shape index (κ2) is 11.5. The highest BCUT2D eigenvalue weighted by Gasteiger charge is 2.39. The zero-order valence-corrected chi connectivity index (χ0v) is 20.7. The van der Waals surface area contributed by atoms with Gasteiger partial charge in [-0.3, -0.25) is 14.4 Å². The SMILES string of the molecule is CC(C)C(N)C(=O)NC(C(=O)NC(Cc1c[nH]c2ccccc12)C(=O)N1CCCC1C(=O)O)C(C)O. The molecule has 2 heterocycles. The summed E-state index contributed by atoms with van der Waals surface area (Å²) in [5.74, 6) is -3.19. The summed E-state index contributed by atoms with van der Waals surface area (Å²) in [4.78, 5) is 55.4. The van der Waals surface area contributed by atoms with Crippen molar-refractivity contribution in [1.29, 1.82) is 0 Å². The molecule has 3 amide bonds. The number of nitrogens with two attached hydrogens (primary N) is 1. The van der Waals surface area contributed by atoms with Gasteiger partial charge in [0.25, 0.3) is 0 Å². The number of hydrogen-bond acceptors (Lipinski definition) is 6. The number of aromatic amines is 1. The van der Waals surface area contributed by atoms with Crippen molar-refractivity contribution in [2.45, 2.75) is 70.3 Å². The van der Waals surface area contributed by atoms with Gasteiger partial charge < -0.3 is 36.5 Å². The Labute approximate surface area is 209 Å². The fourth-order valence-electron chi connectivity index (χ4n) is 4.43. The molecule has 0 spiro atoms. The first-order valence-corrected chi connectivity index (χ1v) is 12.1. The number of aliphatic hydroxyl groups excluding tert-OH is 1. The average molecular weight is 502 g/mol. The zero-order valence-electron chi connectivity index (χ0n) is 20.7. The lowest BCUT2D eigenvalue weighted by atomic mass is 10.0. The molecule has 0 saturated carbocycles. The van der Waals surface area contributed by atoms with E-state index >= 15 is 0 Å². The second-order valence-electron chi connectivity index (χ2n) is 9.65. The van der Waals surface area contributed by atoms with E-state index in [1.807, 2.05) is 24.3 Å². The first-order chi connectivity index (χ1) is 17.0. The second-order valence-corrected chi connectivity index (χ2v) is 9.65. The Morgan fingerprint density at radius 1 is 1.14 bits per heavy atom. The van der Waals surface area contributed by atoms with Gasteiger partial charge in [0, 0.05) is 30.1 Å². The van der Waals surface area contributed by atoms with Crippen molar-refractivity contribution in [2.75, 3.05) is 6.54 Å². The third kappa shape index (κ3) is 6.03. The number of carbonyl (C=O) groups is 4. The van der Waals surface area contributed by atoms with Gasteiger partial charge in [0.15, 0.2) is 0 Å². The fraction of sp³-hybridized carbons (Fsp3) is 0.520. The van der Waals surface area contributed by atoms with E-state index in [0.717, 1.165) is 16.5 Å². The Bertz CT molecular complexity index is 1110. The van der Waals surface area contributed by atoms with Crippen LogP contribution in [-0.2, 0) is 25.6 Å². The van der Waals surface area contributed by atoms with Gasteiger partial charge in [-0.1, -0.05) is 32.0 Å². The zero-order chi connectivity index (χ0) is 26.6. The molecule has 1 aliphatic rings. The van der Waals surface area contributed by atoms with Gasteiger partial charge >= 0.3 is 5.97 Å². The minimum Gasteiger partial charge on any atom is -0.480 e. The predicted octanol–water partition coefficient (Wildman–Crippen LogP) is 0.120. The van der Waals surface area contributed by atoms with Crippen LogP contribution >= 0.6 is 0 Å². The van der Waals surface area contributed by atoms with Gasteiger partial charge in [-0.15, -0.1) is 0 Å². The first kappa shape index (κ1) is 27.2. The van der Waals surface area contributed by atoms with Gasteiger partial charge in [-0.2, -0.15) is 0 Å². The molecule has 2 aromatic rings. The van der Waals surface area contributed by atoms with E-state index in [0.29, 0.717) is 12.8 Å². The van der Waals surface area contributed by atoms with E-state index in [2.05, 4.69) is 15.6 Å². The molecule has 1 aromatic carbocycles. The summed E-state index contributed by atoms with van der Waals surface area (Å²) < 4.78 is 0. The van der Waals surface area contributed by atoms with Crippen molar-refractivity contribution in [3.63, 3.8) is 0 Å². The molecule has 1 fully saturated rings. The Balaban J connectivity index is 1.87. The van der Waals surface area contributed by atoms with Crippen LogP contribution in [0.4, 0.5) is 0 Å². The Hall–Kier alpha value is -3.44. The minimum absolute atomic E-state index is 0.0867. The summed E-state index contributed by atoms with van der Waals surface area (Å²) in [5.41, 5.74) is 7.49. The van der Waals surface area contributed by atoms with Crippen molar-refractivity contribution >= 4 is 34.6 Å². The highest BCUT2D eigenvalue weighted by atomic mass is 16.4. The molecule has 0 radical (unpaired) electrons. The summed E-state index contributed by atoms with van der Waals surface area (Å²) in [6.07, 6.45) is 1.43. The number of aliphatic carboxylic acids is 1. The topological polar surface area (TPSA) is 178 Å². The number of rotatable bonds is 10. The van der Waals surface area contributed by atoms with Crippen LogP contribution in [0.5, 0.6) is 0 Å². The van der Waals surface area contributed by atoms with Crippen molar-refractivity contribution < 1.29 is 29.4 Å². The summed E-state index contributed by atoms with van der Waals surface area (Å²) >= 11 is 0. The summed E-state index contributed by atoms with van der Waals surface area (Å²) in [6, 6.07) is 3.15. The number of benzene rings is 1. The van der Waals surface area contributed by atoms with Gasteiger partial charge in [0.2, 0.25) is 17.7 Å². The monoisotopic (exact) mass is 501 g/mol. The van der Waals surface area contributed by atoms with Crippen LogP contribution in [0.3, 0.4) is 0 Å². The Morgan fingerprint density at radius 2 is 1.83 bits per heavy atom. The molecule has 7 N–H and O–H groups in total. The molecule has 1 saturated heterocycles.